The normalized spacial score (nSPS) is 11.8. The predicted molar refractivity (Wildman–Crippen MR) is 169 cm³/mol. The van der Waals surface area contributed by atoms with Crippen molar-refractivity contribution >= 4 is 43.7 Å². The monoisotopic (exact) mass is 688 g/mol. The number of hydrogen-bond donors (Lipinski definition) is 8. The van der Waals surface area contributed by atoms with Crippen molar-refractivity contribution in [3.63, 3.8) is 0 Å². The van der Waals surface area contributed by atoms with Gasteiger partial charge >= 0.3 is 19.8 Å². The van der Waals surface area contributed by atoms with Crippen LogP contribution in [0.5, 0.6) is 28.7 Å². The van der Waals surface area contributed by atoms with E-state index in [1.165, 1.54) is 34.5 Å². The number of hydrogen-bond acceptors (Lipinski definition) is 12. The quantitative estimate of drug-likeness (QED) is 0.0888. The molecule has 0 fully saturated rings. The number of nitrogens with two attached hydrogens (primary N) is 4. The van der Waals surface area contributed by atoms with Crippen molar-refractivity contribution in [2.45, 2.75) is 37.8 Å². The topological polar surface area (TPSA) is 316 Å². The van der Waals surface area contributed by atoms with Crippen LogP contribution in [0.2, 0.25) is 0 Å². The van der Waals surface area contributed by atoms with Gasteiger partial charge in [0.1, 0.15) is 12.1 Å². The first kappa shape index (κ1) is 42.1. The number of rotatable bonds is 16. The fourth-order valence-corrected chi connectivity index (χ4v) is 3.63. The molecule has 0 aliphatic rings. The van der Waals surface area contributed by atoms with Crippen LogP contribution in [0.15, 0.2) is 30.3 Å². The van der Waals surface area contributed by atoms with Gasteiger partial charge in [0, 0.05) is 12.8 Å². The lowest BCUT2D eigenvalue weighted by Crippen LogP contribution is -2.31. The molecule has 0 saturated heterocycles. The van der Waals surface area contributed by atoms with Gasteiger partial charge in [-0.25, -0.2) is 4.57 Å². The van der Waals surface area contributed by atoms with Crippen molar-refractivity contribution in [2.24, 2.45) is 22.9 Å². The van der Waals surface area contributed by atoms with E-state index in [9.17, 15) is 23.7 Å². The van der Waals surface area contributed by atoms with E-state index in [1.54, 1.807) is 36.4 Å². The Balaban J connectivity index is 0.000000868. The number of amides is 2. The summed E-state index contributed by atoms with van der Waals surface area (Å²) in [5.74, 6) is -1.62. The zero-order chi connectivity index (χ0) is 36.3. The molecule has 0 aliphatic carbocycles. The van der Waals surface area contributed by atoms with E-state index in [4.69, 9.17) is 61.9 Å². The number of phosphoric ester groups is 1. The first-order valence-corrected chi connectivity index (χ1v) is 14.9. The summed E-state index contributed by atoms with van der Waals surface area (Å²) in [7, 11) is 1.26. The van der Waals surface area contributed by atoms with Gasteiger partial charge < -0.3 is 56.6 Å². The van der Waals surface area contributed by atoms with Gasteiger partial charge in [-0.05, 0) is 48.2 Å². The van der Waals surface area contributed by atoms with Gasteiger partial charge in [0.2, 0.25) is 17.6 Å². The van der Waals surface area contributed by atoms with Crippen LogP contribution in [-0.4, -0.2) is 84.3 Å². The predicted octanol–water partition coefficient (Wildman–Crippen LogP) is 0.691. The summed E-state index contributed by atoms with van der Waals surface area (Å²) in [5, 5.41) is 16.4. The Bertz CT molecular complexity index is 1370. The second-order valence-corrected chi connectivity index (χ2v) is 10.3. The average molecular weight is 689 g/mol. The molecule has 19 heteroatoms. The van der Waals surface area contributed by atoms with Gasteiger partial charge in [-0.2, -0.15) is 0 Å². The molecule has 2 rings (SSSR count). The number of ether oxygens (including phenoxy) is 4. The number of carbonyl (C=O) groups is 4. The molecule has 2 aromatic carbocycles. The lowest BCUT2D eigenvalue weighted by Gasteiger charge is -2.13. The fraction of sp³-hybridized carbons (Fsp3) is 0.357. The summed E-state index contributed by atoms with van der Waals surface area (Å²) < 4.78 is 36.8. The first-order chi connectivity index (χ1) is 21.9. The highest BCUT2D eigenvalue weighted by Crippen LogP contribution is 2.42. The number of aliphatic carboxylic acids is 2. The average Bonchev–Trinajstić information content (AvgIpc) is 3.00. The van der Waals surface area contributed by atoms with Gasteiger partial charge in [-0.3, -0.25) is 29.0 Å². The van der Waals surface area contributed by atoms with Gasteiger partial charge in [0.05, 0.1) is 28.4 Å². The van der Waals surface area contributed by atoms with E-state index in [-0.39, 0.29) is 37.2 Å². The molecule has 0 aliphatic heterocycles. The summed E-state index contributed by atoms with van der Waals surface area (Å²) in [6.07, 6.45) is 3.77. The second-order valence-electron chi connectivity index (χ2n) is 9.18. The number of methoxy groups -OCH3 is 4. The van der Waals surface area contributed by atoms with Crippen LogP contribution < -0.4 is 46.4 Å². The van der Waals surface area contributed by atoms with Crippen LogP contribution in [0.1, 0.15) is 36.8 Å². The van der Waals surface area contributed by atoms with Crippen LogP contribution in [0.25, 0.3) is 12.2 Å². The highest BCUT2D eigenvalue weighted by atomic mass is 31.2. The van der Waals surface area contributed by atoms with Gasteiger partial charge in [0.15, 0.2) is 23.0 Å². The largest absolute Gasteiger partial charge is 0.524 e. The molecular weight excluding hydrogens is 647 g/mol. The number of benzene rings is 2. The molecule has 18 nitrogen and oxygen atoms in total. The molecule has 2 unspecified atom stereocenters. The number of carbonyl (C=O) groups excluding carboxylic acids is 2. The van der Waals surface area contributed by atoms with Crippen LogP contribution in [0.3, 0.4) is 0 Å². The third-order valence-corrected chi connectivity index (χ3v) is 6.03. The molecule has 0 radical (unpaired) electrons. The standard InChI is InChI=1S/C18H21O8P.2C5H10N2O3/c1-22-14-8-7-12(9-15(14)26-27(19,20)21)5-6-13-10-16(23-2)18(25-4)17(11-13)24-3;2*6-3(5(9)10)1-2-4(7)8/h5-11H,1-4H3,(H2,19,20,21);2*3H,1-2,6H2,(H2,7,8)(H,9,10)/b6-5-;;. The van der Waals surface area contributed by atoms with E-state index in [2.05, 4.69) is 4.52 Å². The molecule has 262 valence electrons. The molecule has 47 heavy (non-hydrogen) atoms. The second kappa shape index (κ2) is 21.0. The molecule has 0 saturated carbocycles. The summed E-state index contributed by atoms with van der Waals surface area (Å²) in [5.41, 5.74) is 21.0. The van der Waals surface area contributed by atoms with E-state index >= 15 is 0 Å². The SMILES string of the molecule is COc1ccc(/C=C\c2cc(OC)c(OC)c(OC)c2)cc1OP(=O)(O)O.NC(=O)CCC(N)C(=O)O.NC(=O)CCC(N)C(=O)O. The maximum Gasteiger partial charge on any atom is 0.524 e. The van der Waals surface area contributed by atoms with Crippen molar-refractivity contribution in [1.29, 1.82) is 0 Å². The minimum atomic E-state index is -4.71. The molecule has 0 spiro atoms. The molecule has 0 aromatic heterocycles. The fourth-order valence-electron chi connectivity index (χ4n) is 3.23. The van der Waals surface area contributed by atoms with Crippen LogP contribution in [0.4, 0.5) is 0 Å². The Hall–Kier alpha value is -4.87. The summed E-state index contributed by atoms with van der Waals surface area (Å²) in [6, 6.07) is 6.33. The van der Waals surface area contributed by atoms with Gasteiger partial charge in [-0.1, -0.05) is 18.2 Å². The zero-order valence-electron chi connectivity index (χ0n) is 26.2. The van der Waals surface area contributed by atoms with Crippen molar-refractivity contribution in [3.05, 3.63) is 41.5 Å². The third kappa shape index (κ3) is 17.4. The summed E-state index contributed by atoms with van der Waals surface area (Å²) in [6.45, 7) is 0. The highest BCUT2D eigenvalue weighted by molar-refractivity contribution is 7.46. The van der Waals surface area contributed by atoms with Gasteiger partial charge in [-0.15, -0.1) is 0 Å². The number of phosphoric acid groups is 1. The van der Waals surface area contributed by atoms with Gasteiger partial charge in [0.25, 0.3) is 0 Å². The van der Waals surface area contributed by atoms with E-state index in [0.717, 1.165) is 5.56 Å². The molecule has 2 atom stereocenters. The van der Waals surface area contributed by atoms with Crippen LogP contribution in [0, 0.1) is 0 Å². The maximum absolute atomic E-state index is 11.1. The molecular formula is C28H41N4O14P. The first-order valence-electron chi connectivity index (χ1n) is 13.3. The van der Waals surface area contributed by atoms with E-state index < -0.39 is 43.7 Å². The Morgan fingerprint density at radius 1 is 0.702 bits per heavy atom. The van der Waals surface area contributed by atoms with Crippen LogP contribution in [-0.2, 0) is 23.7 Å². The molecule has 0 heterocycles. The lowest BCUT2D eigenvalue weighted by atomic mass is 10.1. The molecule has 2 aromatic rings. The number of carboxylic acids is 2. The lowest BCUT2D eigenvalue weighted by molar-refractivity contribution is -0.139. The molecule has 0 bridgehead atoms. The Morgan fingerprint density at radius 3 is 1.45 bits per heavy atom. The highest BCUT2D eigenvalue weighted by Gasteiger charge is 2.19. The van der Waals surface area contributed by atoms with Crippen molar-refractivity contribution in [2.75, 3.05) is 28.4 Å². The summed E-state index contributed by atoms with van der Waals surface area (Å²) in [4.78, 5) is 58.3. The van der Waals surface area contributed by atoms with E-state index in [1.807, 2.05) is 0 Å². The van der Waals surface area contributed by atoms with Crippen molar-refractivity contribution < 1.29 is 67.2 Å². The third-order valence-electron chi connectivity index (χ3n) is 5.60. The minimum Gasteiger partial charge on any atom is -0.493 e. The minimum absolute atomic E-state index is 0.0213. The van der Waals surface area contributed by atoms with Crippen LogP contribution >= 0.6 is 7.82 Å². The van der Waals surface area contributed by atoms with Crippen molar-refractivity contribution in [1.82, 2.24) is 0 Å². The number of carboxylic acid groups (broad SMARTS) is 2. The van der Waals surface area contributed by atoms with E-state index in [0.29, 0.717) is 22.8 Å². The molecule has 12 N–H and O–H groups in total. The Labute approximate surface area is 270 Å². The Kier molecular flexibility index (Phi) is 18.8. The maximum atomic E-state index is 11.1. The number of primary amides is 2. The zero-order valence-corrected chi connectivity index (χ0v) is 27.0. The molecule has 2 amide bonds. The smallest absolute Gasteiger partial charge is 0.493 e. The Morgan fingerprint density at radius 2 is 1.11 bits per heavy atom. The summed E-state index contributed by atoms with van der Waals surface area (Å²) >= 11 is 0. The van der Waals surface area contributed by atoms with Crippen molar-refractivity contribution in [3.8, 4) is 28.7 Å².